The molecule has 0 aromatic carbocycles. The van der Waals surface area contributed by atoms with Gasteiger partial charge in [0.2, 0.25) is 17.8 Å². The van der Waals surface area contributed by atoms with Crippen molar-refractivity contribution in [3.63, 3.8) is 0 Å². The quantitative estimate of drug-likeness (QED) is 0.568. The van der Waals surface area contributed by atoms with Gasteiger partial charge < -0.3 is 14.4 Å². The predicted molar refractivity (Wildman–Crippen MR) is 75.2 cm³/mol. The summed E-state index contributed by atoms with van der Waals surface area (Å²) in [4.78, 5) is 21.2. The third kappa shape index (κ3) is 2.23. The normalized spacial score (nSPS) is 14.1. The Hall–Kier alpha value is -2.42. The van der Waals surface area contributed by atoms with Crippen LogP contribution in [0.5, 0.6) is 0 Å². The third-order valence-electron chi connectivity index (χ3n) is 3.17. The summed E-state index contributed by atoms with van der Waals surface area (Å²) in [5.41, 5.74) is 2.48. The maximum atomic E-state index is 5.42. The van der Waals surface area contributed by atoms with Crippen LogP contribution >= 0.6 is 0 Å². The number of nitrogen functional groups attached to an aromatic ring is 1. The highest BCUT2D eigenvalue weighted by atomic mass is 15.4. The molecule has 0 spiro atoms. The molecule has 0 unspecified atom stereocenters. The molecular weight excluding hydrogens is 258 g/mol. The largest absolute Gasteiger partial charge is 0.347 e. The van der Waals surface area contributed by atoms with E-state index in [4.69, 9.17) is 5.84 Å². The van der Waals surface area contributed by atoms with Gasteiger partial charge in [0.1, 0.15) is 5.82 Å². The van der Waals surface area contributed by atoms with Crippen LogP contribution in [0.25, 0.3) is 0 Å². The van der Waals surface area contributed by atoms with Gasteiger partial charge in [-0.2, -0.15) is 15.0 Å². The Bertz CT molecular complexity index is 606. The number of hydrazine groups is 1. The Morgan fingerprint density at radius 2 is 2.10 bits per heavy atom. The van der Waals surface area contributed by atoms with E-state index in [0.29, 0.717) is 24.4 Å². The van der Waals surface area contributed by atoms with Gasteiger partial charge in [-0.15, -0.1) is 0 Å². The number of imidazole rings is 1. The van der Waals surface area contributed by atoms with Gasteiger partial charge in [-0.25, -0.2) is 10.8 Å². The molecule has 0 atom stereocenters. The second-order valence-electron chi connectivity index (χ2n) is 4.76. The average Bonchev–Trinajstić information content (AvgIpc) is 2.94. The molecule has 106 valence electrons. The Kier molecular flexibility index (Phi) is 3.11. The highest BCUT2D eigenvalue weighted by molar-refractivity contribution is 5.44. The maximum absolute atomic E-state index is 5.42. The topological polar surface area (TPSA) is 101 Å². The van der Waals surface area contributed by atoms with Crippen LogP contribution in [-0.2, 0) is 13.1 Å². The lowest BCUT2D eigenvalue weighted by Crippen LogP contribution is -2.35. The van der Waals surface area contributed by atoms with Crippen molar-refractivity contribution in [3.05, 3.63) is 18.2 Å². The minimum atomic E-state index is 0.354. The third-order valence-corrected chi connectivity index (χ3v) is 3.17. The van der Waals surface area contributed by atoms with Crippen molar-refractivity contribution in [2.45, 2.75) is 13.1 Å². The molecule has 1 aliphatic heterocycles. The van der Waals surface area contributed by atoms with E-state index >= 15 is 0 Å². The number of anilines is 3. The fourth-order valence-electron chi connectivity index (χ4n) is 2.10. The van der Waals surface area contributed by atoms with Crippen LogP contribution in [0.1, 0.15) is 5.82 Å². The van der Waals surface area contributed by atoms with Crippen LogP contribution in [0.4, 0.5) is 17.8 Å². The monoisotopic (exact) mass is 275 g/mol. The summed E-state index contributed by atoms with van der Waals surface area (Å²) in [6, 6.07) is 0. The second-order valence-corrected chi connectivity index (χ2v) is 4.76. The van der Waals surface area contributed by atoms with Crippen molar-refractivity contribution in [1.29, 1.82) is 0 Å². The number of nitrogens with two attached hydrogens (primary N) is 1. The fraction of sp³-hybridized carbons (Fsp3) is 0.455. The van der Waals surface area contributed by atoms with Gasteiger partial charge in [0.05, 0.1) is 6.54 Å². The Morgan fingerprint density at radius 1 is 1.25 bits per heavy atom. The molecule has 0 saturated carbocycles. The van der Waals surface area contributed by atoms with Crippen LogP contribution in [0, 0.1) is 0 Å². The summed E-state index contributed by atoms with van der Waals surface area (Å²) in [7, 11) is 3.75. The zero-order valence-electron chi connectivity index (χ0n) is 11.5. The molecule has 2 aromatic heterocycles. The van der Waals surface area contributed by atoms with Crippen molar-refractivity contribution in [1.82, 2.24) is 24.5 Å². The zero-order chi connectivity index (χ0) is 14.1. The average molecular weight is 275 g/mol. The summed E-state index contributed by atoms with van der Waals surface area (Å²) < 4.78 is 2.13. The SMILES string of the molecule is CN(C)c1nc(NN)nc(N2CCn3ccnc3C2)n1. The Labute approximate surface area is 116 Å². The van der Waals surface area contributed by atoms with E-state index in [1.165, 1.54) is 0 Å². The first-order valence-electron chi connectivity index (χ1n) is 6.32. The smallest absolute Gasteiger partial charge is 0.243 e. The molecule has 0 aliphatic carbocycles. The number of nitrogens with zero attached hydrogens (tertiary/aromatic N) is 7. The number of hydrogen-bond acceptors (Lipinski definition) is 8. The van der Waals surface area contributed by atoms with Gasteiger partial charge >= 0.3 is 0 Å². The molecule has 9 nitrogen and oxygen atoms in total. The molecule has 0 fully saturated rings. The second kappa shape index (κ2) is 4.93. The lowest BCUT2D eigenvalue weighted by atomic mass is 10.4. The van der Waals surface area contributed by atoms with E-state index in [9.17, 15) is 0 Å². The van der Waals surface area contributed by atoms with E-state index in [0.717, 1.165) is 18.9 Å². The fourth-order valence-corrected chi connectivity index (χ4v) is 2.10. The van der Waals surface area contributed by atoms with E-state index in [-0.39, 0.29) is 0 Å². The van der Waals surface area contributed by atoms with Crippen LogP contribution in [-0.4, -0.2) is 45.1 Å². The summed E-state index contributed by atoms with van der Waals surface area (Å²) in [6.07, 6.45) is 3.79. The molecule has 9 heteroatoms. The van der Waals surface area contributed by atoms with Crippen LogP contribution in [0.15, 0.2) is 12.4 Å². The number of fused-ring (bicyclic) bond motifs is 1. The standard InChI is InChI=1S/C11H17N9/c1-18(2)10-14-9(17-12)15-11(16-10)20-6-5-19-4-3-13-8(19)7-20/h3-4H,5-7,12H2,1-2H3,(H,14,15,16,17). The van der Waals surface area contributed by atoms with Crippen LogP contribution < -0.4 is 21.1 Å². The minimum absolute atomic E-state index is 0.354. The molecule has 3 rings (SSSR count). The summed E-state index contributed by atoms with van der Waals surface area (Å²) in [5.74, 6) is 7.95. The number of hydrogen-bond donors (Lipinski definition) is 2. The first-order chi connectivity index (χ1) is 9.67. The summed E-state index contributed by atoms with van der Waals surface area (Å²) in [6.45, 7) is 2.36. The zero-order valence-corrected chi connectivity index (χ0v) is 11.5. The van der Waals surface area contributed by atoms with Crippen molar-refractivity contribution in [2.24, 2.45) is 5.84 Å². The van der Waals surface area contributed by atoms with Gasteiger partial charge in [-0.05, 0) is 0 Å². The van der Waals surface area contributed by atoms with E-state index in [1.807, 2.05) is 31.4 Å². The molecule has 3 N–H and O–H groups in total. The first kappa shape index (κ1) is 12.6. The molecule has 0 radical (unpaired) electrons. The highest BCUT2D eigenvalue weighted by Crippen LogP contribution is 2.19. The molecule has 2 aromatic rings. The van der Waals surface area contributed by atoms with E-state index in [1.54, 1.807) is 0 Å². The number of nitrogens with one attached hydrogen (secondary N) is 1. The number of aromatic nitrogens is 5. The molecule has 20 heavy (non-hydrogen) atoms. The van der Waals surface area contributed by atoms with Gasteiger partial charge in [0.25, 0.3) is 0 Å². The van der Waals surface area contributed by atoms with E-state index < -0.39 is 0 Å². The Morgan fingerprint density at radius 3 is 2.85 bits per heavy atom. The summed E-state index contributed by atoms with van der Waals surface area (Å²) in [5, 5.41) is 0. The lowest BCUT2D eigenvalue weighted by molar-refractivity contribution is 0.551. The molecule has 1 aliphatic rings. The molecule has 0 bridgehead atoms. The van der Waals surface area contributed by atoms with Crippen molar-refractivity contribution >= 4 is 17.8 Å². The van der Waals surface area contributed by atoms with Crippen LogP contribution in [0.2, 0.25) is 0 Å². The van der Waals surface area contributed by atoms with Crippen molar-refractivity contribution in [2.75, 3.05) is 35.9 Å². The van der Waals surface area contributed by atoms with Crippen molar-refractivity contribution < 1.29 is 0 Å². The van der Waals surface area contributed by atoms with Gasteiger partial charge in [0, 0.05) is 39.6 Å². The van der Waals surface area contributed by atoms with Gasteiger partial charge in [-0.1, -0.05) is 0 Å². The van der Waals surface area contributed by atoms with Crippen molar-refractivity contribution in [3.8, 4) is 0 Å². The number of rotatable bonds is 3. The van der Waals surface area contributed by atoms with Crippen LogP contribution in [0.3, 0.4) is 0 Å². The molecule has 0 saturated heterocycles. The minimum Gasteiger partial charge on any atom is -0.347 e. The maximum Gasteiger partial charge on any atom is 0.243 e. The molecule has 3 heterocycles. The summed E-state index contributed by atoms with van der Waals surface area (Å²) >= 11 is 0. The Balaban J connectivity index is 1.92. The van der Waals surface area contributed by atoms with Gasteiger partial charge in [0.15, 0.2) is 0 Å². The van der Waals surface area contributed by atoms with E-state index in [2.05, 4.69) is 34.8 Å². The molecular formula is C11H17N9. The lowest BCUT2D eigenvalue weighted by Gasteiger charge is -2.28. The van der Waals surface area contributed by atoms with Gasteiger partial charge in [-0.3, -0.25) is 5.43 Å². The first-order valence-corrected chi connectivity index (χ1v) is 6.32. The highest BCUT2D eigenvalue weighted by Gasteiger charge is 2.20. The molecule has 0 amide bonds. The predicted octanol–water partition coefficient (Wildman–Crippen LogP) is -0.560.